The highest BCUT2D eigenvalue weighted by atomic mass is 16.6. The summed E-state index contributed by atoms with van der Waals surface area (Å²) in [5, 5.41) is 0. The monoisotopic (exact) mass is 551 g/mol. The van der Waals surface area contributed by atoms with E-state index < -0.39 is 23.9 Å². The molecule has 1 fully saturated rings. The molecule has 8 nitrogen and oxygen atoms in total. The van der Waals surface area contributed by atoms with E-state index in [1.807, 2.05) is 97.9 Å². The van der Waals surface area contributed by atoms with Crippen LogP contribution in [0.1, 0.15) is 35.3 Å². The van der Waals surface area contributed by atoms with Crippen LogP contribution in [0.15, 0.2) is 108 Å². The van der Waals surface area contributed by atoms with Gasteiger partial charge in [-0.25, -0.2) is 9.97 Å². The van der Waals surface area contributed by atoms with Gasteiger partial charge in [-0.15, -0.1) is 0 Å². The predicted molar refractivity (Wildman–Crippen MR) is 155 cm³/mol. The maximum absolute atomic E-state index is 6.77. The first-order valence-corrected chi connectivity index (χ1v) is 13.7. The largest absolute Gasteiger partial charge is 0.458 e. The standard InChI is InChI=1S/C33H33N3O5/c1-33(40-19-25-15-9-4-10-16-25)30(26-20-38-29-28(26)35-22-36-32(29)34)41-27(21-37-17-23-11-5-2-6-12-23)31(33)39-18-24-13-7-3-8-14-24/h2-16,20,22,27,30-31H,17-19,21H2,1H3,(H2,34,35,36). The Balaban J connectivity index is 1.34. The van der Waals surface area contributed by atoms with Crippen LogP contribution in [-0.2, 0) is 38.8 Å². The normalized spacial score (nSPS) is 22.3. The van der Waals surface area contributed by atoms with Gasteiger partial charge >= 0.3 is 0 Å². The van der Waals surface area contributed by atoms with Crippen molar-refractivity contribution >= 4 is 16.9 Å². The van der Waals surface area contributed by atoms with Crippen LogP contribution >= 0.6 is 0 Å². The van der Waals surface area contributed by atoms with Crippen molar-refractivity contribution in [2.24, 2.45) is 0 Å². The summed E-state index contributed by atoms with van der Waals surface area (Å²) < 4.78 is 32.2. The minimum absolute atomic E-state index is 0.269. The van der Waals surface area contributed by atoms with E-state index in [1.54, 1.807) is 6.26 Å². The number of fused-ring (bicyclic) bond motifs is 1. The lowest BCUT2D eigenvalue weighted by molar-refractivity contribution is -0.147. The smallest absolute Gasteiger partial charge is 0.194 e. The van der Waals surface area contributed by atoms with Crippen molar-refractivity contribution in [1.29, 1.82) is 0 Å². The molecule has 5 aromatic rings. The van der Waals surface area contributed by atoms with E-state index in [2.05, 4.69) is 9.97 Å². The zero-order valence-corrected chi connectivity index (χ0v) is 22.9. The van der Waals surface area contributed by atoms with E-state index in [0.717, 1.165) is 22.3 Å². The maximum atomic E-state index is 6.77. The number of ether oxygens (including phenoxy) is 4. The van der Waals surface area contributed by atoms with Gasteiger partial charge in [0.1, 0.15) is 35.8 Å². The van der Waals surface area contributed by atoms with E-state index in [9.17, 15) is 0 Å². The molecular weight excluding hydrogens is 518 g/mol. The highest BCUT2D eigenvalue weighted by molar-refractivity contribution is 5.85. The molecule has 0 amide bonds. The van der Waals surface area contributed by atoms with Gasteiger partial charge in [-0.05, 0) is 23.6 Å². The molecule has 6 rings (SSSR count). The average molecular weight is 552 g/mol. The van der Waals surface area contributed by atoms with Gasteiger partial charge in [0.15, 0.2) is 11.4 Å². The topological polar surface area (TPSA) is 102 Å². The van der Waals surface area contributed by atoms with Crippen molar-refractivity contribution < 1.29 is 23.4 Å². The highest BCUT2D eigenvalue weighted by Gasteiger charge is 2.57. The third-order valence-electron chi connectivity index (χ3n) is 7.48. The summed E-state index contributed by atoms with van der Waals surface area (Å²) in [4.78, 5) is 8.56. The number of furan rings is 1. The Morgan fingerprint density at radius 3 is 2.07 bits per heavy atom. The van der Waals surface area contributed by atoms with E-state index in [1.165, 1.54) is 6.33 Å². The summed E-state index contributed by atoms with van der Waals surface area (Å²) in [5.41, 5.74) is 10.1. The Kier molecular flexibility index (Phi) is 8.07. The molecule has 1 saturated heterocycles. The molecule has 4 unspecified atom stereocenters. The van der Waals surface area contributed by atoms with Crippen LogP contribution in [0, 0.1) is 0 Å². The van der Waals surface area contributed by atoms with Crippen LogP contribution in [0.3, 0.4) is 0 Å². The number of nitrogens with zero attached hydrogens (tertiary/aromatic N) is 2. The van der Waals surface area contributed by atoms with Gasteiger partial charge in [0, 0.05) is 5.56 Å². The molecule has 3 aromatic carbocycles. The van der Waals surface area contributed by atoms with Crippen molar-refractivity contribution in [3.63, 3.8) is 0 Å². The summed E-state index contributed by atoms with van der Waals surface area (Å²) in [7, 11) is 0. The molecule has 4 atom stereocenters. The molecule has 2 N–H and O–H groups in total. The first kappa shape index (κ1) is 27.1. The Hall–Kier alpha value is -4.08. The Morgan fingerprint density at radius 1 is 0.805 bits per heavy atom. The van der Waals surface area contributed by atoms with Crippen LogP contribution < -0.4 is 5.73 Å². The highest BCUT2D eigenvalue weighted by Crippen LogP contribution is 2.48. The number of anilines is 1. The van der Waals surface area contributed by atoms with Crippen molar-refractivity contribution in [2.45, 2.75) is 50.7 Å². The second-order valence-electron chi connectivity index (χ2n) is 10.4. The fraction of sp³-hybridized carbons (Fsp3) is 0.273. The molecule has 210 valence electrons. The lowest BCUT2D eigenvalue weighted by Crippen LogP contribution is -2.47. The van der Waals surface area contributed by atoms with Crippen molar-refractivity contribution in [3.8, 4) is 0 Å². The molecule has 2 aromatic heterocycles. The SMILES string of the molecule is CC1(OCc2ccccc2)C(c2coc3c(N)ncnc23)OC(COCc2ccccc2)C1OCc1ccccc1. The second kappa shape index (κ2) is 12.2. The summed E-state index contributed by atoms with van der Waals surface area (Å²) in [6.45, 7) is 3.55. The number of benzene rings is 3. The van der Waals surface area contributed by atoms with Crippen LogP contribution in [0.5, 0.6) is 0 Å². The average Bonchev–Trinajstić information content (AvgIpc) is 3.56. The first-order chi connectivity index (χ1) is 20.1. The molecule has 0 bridgehead atoms. The summed E-state index contributed by atoms with van der Waals surface area (Å²) in [6, 6.07) is 30.2. The van der Waals surface area contributed by atoms with Gasteiger partial charge in [-0.3, -0.25) is 0 Å². The van der Waals surface area contributed by atoms with Gasteiger partial charge in [0.25, 0.3) is 0 Å². The molecule has 0 saturated carbocycles. The van der Waals surface area contributed by atoms with E-state index in [0.29, 0.717) is 37.5 Å². The number of aromatic nitrogens is 2. The number of rotatable bonds is 11. The quantitative estimate of drug-likeness (QED) is 0.213. The Morgan fingerprint density at radius 2 is 1.41 bits per heavy atom. The molecule has 0 spiro atoms. The molecule has 1 aliphatic rings. The van der Waals surface area contributed by atoms with Crippen LogP contribution in [0.25, 0.3) is 11.1 Å². The Labute approximate surface area is 239 Å². The molecule has 41 heavy (non-hydrogen) atoms. The van der Waals surface area contributed by atoms with E-state index in [4.69, 9.17) is 29.1 Å². The molecule has 3 heterocycles. The van der Waals surface area contributed by atoms with Crippen LogP contribution in [0.4, 0.5) is 5.82 Å². The summed E-state index contributed by atoms with van der Waals surface area (Å²) in [5.74, 6) is 0.269. The minimum atomic E-state index is -0.929. The maximum Gasteiger partial charge on any atom is 0.194 e. The van der Waals surface area contributed by atoms with Crippen molar-refractivity contribution in [3.05, 3.63) is 126 Å². The van der Waals surface area contributed by atoms with Crippen LogP contribution in [-0.4, -0.2) is 34.4 Å². The first-order valence-electron chi connectivity index (χ1n) is 13.7. The molecule has 1 aliphatic heterocycles. The van der Waals surface area contributed by atoms with Gasteiger partial charge in [-0.2, -0.15) is 0 Å². The summed E-state index contributed by atoms with van der Waals surface area (Å²) >= 11 is 0. The number of nitrogens with two attached hydrogens (primary N) is 1. The van der Waals surface area contributed by atoms with E-state index in [-0.39, 0.29) is 5.82 Å². The fourth-order valence-electron chi connectivity index (χ4n) is 5.35. The number of hydrogen-bond donors (Lipinski definition) is 1. The van der Waals surface area contributed by atoms with Gasteiger partial charge in [-0.1, -0.05) is 91.0 Å². The number of nitrogen functional groups attached to an aromatic ring is 1. The third kappa shape index (κ3) is 5.87. The lowest BCUT2D eigenvalue weighted by atomic mass is 9.88. The summed E-state index contributed by atoms with van der Waals surface area (Å²) in [6.07, 6.45) is 1.57. The van der Waals surface area contributed by atoms with Crippen LogP contribution in [0.2, 0.25) is 0 Å². The van der Waals surface area contributed by atoms with Gasteiger partial charge in [0.05, 0.1) is 32.7 Å². The number of hydrogen-bond acceptors (Lipinski definition) is 8. The third-order valence-corrected chi connectivity index (χ3v) is 7.48. The zero-order valence-electron chi connectivity index (χ0n) is 22.9. The van der Waals surface area contributed by atoms with Crippen molar-refractivity contribution in [1.82, 2.24) is 9.97 Å². The Bertz CT molecular complexity index is 1550. The van der Waals surface area contributed by atoms with Crippen molar-refractivity contribution in [2.75, 3.05) is 12.3 Å². The predicted octanol–water partition coefficient (Wildman–Crippen LogP) is 6.02. The molecular formula is C33H33N3O5. The minimum Gasteiger partial charge on any atom is -0.458 e. The van der Waals surface area contributed by atoms with Gasteiger partial charge in [0.2, 0.25) is 0 Å². The van der Waals surface area contributed by atoms with Gasteiger partial charge < -0.3 is 29.1 Å². The molecule has 0 aliphatic carbocycles. The molecule has 0 radical (unpaired) electrons. The molecule has 8 heteroatoms. The second-order valence-corrected chi connectivity index (χ2v) is 10.4. The zero-order chi connectivity index (χ0) is 28.1. The lowest BCUT2D eigenvalue weighted by Gasteiger charge is -2.35. The van der Waals surface area contributed by atoms with E-state index >= 15 is 0 Å². The fourth-order valence-corrected chi connectivity index (χ4v) is 5.35.